The quantitative estimate of drug-likeness (QED) is 0.700. The summed E-state index contributed by atoms with van der Waals surface area (Å²) in [7, 11) is 0. The van der Waals surface area contributed by atoms with Gasteiger partial charge < -0.3 is 10.3 Å². The predicted octanol–water partition coefficient (Wildman–Crippen LogP) is 3.55. The molecule has 1 aromatic heterocycles. The van der Waals surface area contributed by atoms with Gasteiger partial charge in [0.05, 0.1) is 6.54 Å². The summed E-state index contributed by atoms with van der Waals surface area (Å²) in [6, 6.07) is 10.9. The number of hydrogen-bond acceptors (Lipinski definition) is 1. The van der Waals surface area contributed by atoms with Crippen LogP contribution in [0.5, 0.6) is 0 Å². The molecule has 2 N–H and O–H groups in total. The zero-order chi connectivity index (χ0) is 13.4. The number of halogens is 2. The smallest absolute Gasteiger partial charge is 0.128 e. The van der Waals surface area contributed by atoms with Crippen molar-refractivity contribution in [3.63, 3.8) is 0 Å². The van der Waals surface area contributed by atoms with E-state index >= 15 is 0 Å². The van der Waals surface area contributed by atoms with Crippen LogP contribution in [0.3, 0.4) is 0 Å². The topological polar surface area (TPSA) is 30.9 Å². The highest BCUT2D eigenvalue weighted by atomic mass is 19.1. The predicted molar refractivity (Wildman–Crippen MR) is 71.8 cm³/mol. The summed E-state index contributed by atoms with van der Waals surface area (Å²) in [5, 5.41) is 0.983. The molecule has 0 aliphatic heterocycles. The molecule has 0 fully saturated rings. The van der Waals surface area contributed by atoms with Gasteiger partial charge in [0.25, 0.3) is 0 Å². The van der Waals surface area contributed by atoms with Crippen molar-refractivity contribution in [3.8, 4) is 0 Å². The summed E-state index contributed by atoms with van der Waals surface area (Å²) in [4.78, 5) is 0. The number of anilines is 1. The van der Waals surface area contributed by atoms with Crippen molar-refractivity contribution in [3.05, 3.63) is 65.9 Å². The average Bonchev–Trinajstić information content (AvgIpc) is 2.76. The van der Waals surface area contributed by atoms with E-state index < -0.39 is 11.6 Å². The van der Waals surface area contributed by atoms with E-state index in [1.165, 1.54) is 6.07 Å². The molecule has 0 saturated carbocycles. The second-order valence-corrected chi connectivity index (χ2v) is 4.50. The van der Waals surface area contributed by atoms with E-state index in [2.05, 4.69) is 0 Å². The molecule has 4 heteroatoms. The molecule has 0 amide bonds. The molecular formula is C15H12F2N2. The van der Waals surface area contributed by atoms with E-state index in [-0.39, 0.29) is 6.54 Å². The van der Waals surface area contributed by atoms with Crippen molar-refractivity contribution < 1.29 is 8.78 Å². The Morgan fingerprint density at radius 3 is 2.68 bits per heavy atom. The van der Waals surface area contributed by atoms with Gasteiger partial charge in [0.1, 0.15) is 11.6 Å². The normalized spacial score (nSPS) is 11.1. The van der Waals surface area contributed by atoms with Crippen molar-refractivity contribution in [2.75, 3.05) is 5.73 Å². The average molecular weight is 258 g/mol. The molecule has 96 valence electrons. The van der Waals surface area contributed by atoms with Crippen LogP contribution in [0.25, 0.3) is 10.9 Å². The van der Waals surface area contributed by atoms with Gasteiger partial charge >= 0.3 is 0 Å². The van der Waals surface area contributed by atoms with E-state index in [4.69, 9.17) is 5.73 Å². The Balaban J connectivity index is 2.03. The molecule has 2 nitrogen and oxygen atoms in total. The number of rotatable bonds is 2. The van der Waals surface area contributed by atoms with E-state index in [9.17, 15) is 8.78 Å². The van der Waals surface area contributed by atoms with Crippen molar-refractivity contribution in [1.29, 1.82) is 0 Å². The van der Waals surface area contributed by atoms with E-state index in [0.717, 1.165) is 23.0 Å². The van der Waals surface area contributed by atoms with E-state index in [1.54, 1.807) is 6.07 Å². The fraction of sp³-hybridized carbons (Fsp3) is 0.0667. The SMILES string of the molecule is Nc1ccc2c(ccn2Cc2cc(F)ccc2F)c1. The Labute approximate surface area is 109 Å². The minimum atomic E-state index is -0.433. The van der Waals surface area contributed by atoms with Crippen LogP contribution in [-0.2, 0) is 6.54 Å². The number of aromatic nitrogens is 1. The molecule has 0 bridgehead atoms. The molecule has 1 heterocycles. The standard InChI is InChI=1S/C15H12F2N2/c16-12-1-3-14(17)11(7-12)9-19-6-5-10-8-13(18)2-4-15(10)19/h1-8H,9,18H2. The maximum atomic E-state index is 13.6. The molecular weight excluding hydrogens is 246 g/mol. The van der Waals surface area contributed by atoms with Gasteiger partial charge in [-0.15, -0.1) is 0 Å². The molecule has 0 aliphatic rings. The second-order valence-electron chi connectivity index (χ2n) is 4.50. The van der Waals surface area contributed by atoms with Gasteiger partial charge in [-0.3, -0.25) is 0 Å². The lowest BCUT2D eigenvalue weighted by atomic mass is 10.2. The highest BCUT2D eigenvalue weighted by Gasteiger charge is 2.07. The molecule has 2 aromatic carbocycles. The minimum absolute atomic E-state index is 0.289. The molecule has 0 atom stereocenters. The van der Waals surface area contributed by atoms with Gasteiger partial charge in [-0.1, -0.05) is 0 Å². The first-order valence-corrected chi connectivity index (χ1v) is 5.92. The Morgan fingerprint density at radius 2 is 1.84 bits per heavy atom. The number of hydrogen-bond donors (Lipinski definition) is 1. The van der Waals surface area contributed by atoms with Crippen LogP contribution in [0, 0.1) is 11.6 Å². The first-order chi connectivity index (χ1) is 9.13. The zero-order valence-corrected chi connectivity index (χ0v) is 10.1. The van der Waals surface area contributed by atoms with Crippen LogP contribution < -0.4 is 5.73 Å². The fourth-order valence-electron chi connectivity index (χ4n) is 2.20. The van der Waals surface area contributed by atoms with Crippen molar-refractivity contribution in [2.24, 2.45) is 0 Å². The third-order valence-corrected chi connectivity index (χ3v) is 3.14. The molecule has 3 aromatic rings. The summed E-state index contributed by atoms with van der Waals surface area (Å²) in [5.41, 5.74) is 7.66. The second kappa shape index (κ2) is 4.39. The van der Waals surface area contributed by atoms with Crippen LogP contribution in [0.15, 0.2) is 48.7 Å². The maximum Gasteiger partial charge on any atom is 0.128 e. The lowest BCUT2D eigenvalue weighted by Gasteiger charge is -2.07. The molecule has 19 heavy (non-hydrogen) atoms. The molecule has 0 spiro atoms. The van der Waals surface area contributed by atoms with Crippen LogP contribution in [0.4, 0.5) is 14.5 Å². The maximum absolute atomic E-state index is 13.6. The summed E-state index contributed by atoms with van der Waals surface area (Å²) < 4.78 is 28.6. The monoisotopic (exact) mass is 258 g/mol. The van der Waals surface area contributed by atoms with Crippen molar-refractivity contribution in [1.82, 2.24) is 4.57 Å². The highest BCUT2D eigenvalue weighted by Crippen LogP contribution is 2.21. The van der Waals surface area contributed by atoms with Crippen LogP contribution in [-0.4, -0.2) is 4.57 Å². The fourth-order valence-corrected chi connectivity index (χ4v) is 2.20. The number of nitrogens with zero attached hydrogens (tertiary/aromatic N) is 1. The molecule has 0 unspecified atom stereocenters. The van der Waals surface area contributed by atoms with Crippen LogP contribution in [0.2, 0.25) is 0 Å². The van der Waals surface area contributed by atoms with Crippen molar-refractivity contribution in [2.45, 2.75) is 6.54 Å². The van der Waals surface area contributed by atoms with Crippen LogP contribution in [0.1, 0.15) is 5.56 Å². The summed E-state index contributed by atoms with van der Waals surface area (Å²) in [5.74, 6) is -0.837. The first kappa shape index (κ1) is 11.7. The van der Waals surface area contributed by atoms with Crippen LogP contribution >= 0.6 is 0 Å². The molecule has 0 saturated heterocycles. The van der Waals surface area contributed by atoms with Gasteiger partial charge in [-0.2, -0.15) is 0 Å². The number of nitrogens with two attached hydrogens (primary N) is 1. The van der Waals surface area contributed by atoms with E-state index in [0.29, 0.717) is 11.3 Å². The number of fused-ring (bicyclic) bond motifs is 1. The zero-order valence-electron chi connectivity index (χ0n) is 10.1. The van der Waals surface area contributed by atoms with Gasteiger partial charge in [-0.05, 0) is 42.5 Å². The highest BCUT2D eigenvalue weighted by molar-refractivity contribution is 5.83. The minimum Gasteiger partial charge on any atom is -0.399 e. The Kier molecular flexibility index (Phi) is 2.71. The lowest BCUT2D eigenvalue weighted by Crippen LogP contribution is -2.01. The summed E-state index contributed by atoms with van der Waals surface area (Å²) in [6.07, 6.45) is 1.84. The van der Waals surface area contributed by atoms with Gasteiger partial charge in [0.15, 0.2) is 0 Å². The third-order valence-electron chi connectivity index (χ3n) is 3.14. The Morgan fingerprint density at radius 1 is 1.00 bits per heavy atom. The number of nitrogen functional groups attached to an aromatic ring is 1. The Bertz CT molecular complexity index is 747. The molecule has 3 rings (SSSR count). The summed E-state index contributed by atoms with van der Waals surface area (Å²) >= 11 is 0. The van der Waals surface area contributed by atoms with Gasteiger partial charge in [0.2, 0.25) is 0 Å². The lowest BCUT2D eigenvalue weighted by molar-refractivity contribution is 0.579. The van der Waals surface area contributed by atoms with E-state index in [1.807, 2.05) is 29.0 Å². The molecule has 0 radical (unpaired) electrons. The van der Waals surface area contributed by atoms with Gasteiger partial charge in [-0.25, -0.2) is 8.78 Å². The largest absolute Gasteiger partial charge is 0.399 e. The third kappa shape index (κ3) is 2.17. The number of benzene rings is 2. The van der Waals surface area contributed by atoms with Gasteiger partial charge in [0, 0.05) is 28.4 Å². The first-order valence-electron chi connectivity index (χ1n) is 5.92. The van der Waals surface area contributed by atoms with Crippen molar-refractivity contribution >= 4 is 16.6 Å². The molecule has 0 aliphatic carbocycles. The Hall–Kier alpha value is -2.36. The summed E-state index contributed by atoms with van der Waals surface area (Å²) in [6.45, 7) is 0.289.